The summed E-state index contributed by atoms with van der Waals surface area (Å²) in [6.07, 6.45) is 1.59. The molecule has 8 heteroatoms. The van der Waals surface area contributed by atoms with Crippen LogP contribution in [0.25, 0.3) is 11.0 Å². The van der Waals surface area contributed by atoms with Gasteiger partial charge in [-0.05, 0) is 0 Å². The molecule has 0 bridgehead atoms. The molecule has 2 aromatic heterocycles. The monoisotopic (exact) mass is 238 g/mol. The maximum atomic E-state index is 9.00. The lowest BCUT2D eigenvalue weighted by Crippen LogP contribution is -2.30. The predicted molar refractivity (Wildman–Crippen MR) is 62.5 cm³/mol. The number of rotatable bonds is 5. The Morgan fingerprint density at radius 2 is 1.94 bits per heavy atom. The number of nitrogen functional groups attached to an aromatic ring is 1. The Kier molecular flexibility index (Phi) is 3.35. The van der Waals surface area contributed by atoms with E-state index in [0.717, 1.165) is 0 Å². The molecule has 0 atom stereocenters. The predicted octanol–water partition coefficient (Wildman–Crippen LogP) is -1.27. The molecule has 2 rings (SSSR count). The standard InChI is InChI=1S/C9H14N6O2/c10-9-12-7-6(5-11-14-7)8(13-9)15(1-3-16)2-4-17/h5,16-17H,1-4H2,(H3,10,11,12,13,14). The van der Waals surface area contributed by atoms with Crippen LogP contribution in [0.4, 0.5) is 11.8 Å². The van der Waals surface area contributed by atoms with Gasteiger partial charge < -0.3 is 20.8 Å². The number of nitrogens with one attached hydrogen (secondary N) is 1. The van der Waals surface area contributed by atoms with Crippen molar-refractivity contribution < 1.29 is 10.2 Å². The molecule has 0 saturated carbocycles. The van der Waals surface area contributed by atoms with E-state index in [1.165, 1.54) is 0 Å². The average Bonchev–Trinajstić information content (AvgIpc) is 2.75. The van der Waals surface area contributed by atoms with Gasteiger partial charge in [0.2, 0.25) is 5.95 Å². The first-order chi connectivity index (χ1) is 8.26. The summed E-state index contributed by atoms with van der Waals surface area (Å²) in [7, 11) is 0. The number of aromatic amines is 1. The van der Waals surface area contributed by atoms with E-state index in [0.29, 0.717) is 29.9 Å². The van der Waals surface area contributed by atoms with Gasteiger partial charge in [0.15, 0.2) is 5.65 Å². The van der Waals surface area contributed by atoms with Gasteiger partial charge in [0.1, 0.15) is 5.82 Å². The topological polar surface area (TPSA) is 124 Å². The van der Waals surface area contributed by atoms with Gasteiger partial charge in [-0.25, -0.2) is 0 Å². The van der Waals surface area contributed by atoms with Gasteiger partial charge in [0.05, 0.1) is 24.8 Å². The minimum atomic E-state index is -0.0384. The van der Waals surface area contributed by atoms with Crippen LogP contribution in [0.15, 0.2) is 6.20 Å². The van der Waals surface area contributed by atoms with Gasteiger partial charge in [-0.15, -0.1) is 0 Å². The van der Waals surface area contributed by atoms with E-state index in [4.69, 9.17) is 15.9 Å². The van der Waals surface area contributed by atoms with Crippen LogP contribution in [0, 0.1) is 0 Å². The molecule has 92 valence electrons. The van der Waals surface area contributed by atoms with Crippen molar-refractivity contribution in [2.75, 3.05) is 36.9 Å². The average molecular weight is 238 g/mol. The van der Waals surface area contributed by atoms with Crippen LogP contribution in [-0.4, -0.2) is 56.7 Å². The second-order valence-electron chi connectivity index (χ2n) is 3.47. The number of fused-ring (bicyclic) bond motifs is 1. The van der Waals surface area contributed by atoms with Crippen LogP contribution in [0.2, 0.25) is 0 Å². The van der Waals surface area contributed by atoms with Gasteiger partial charge in [-0.1, -0.05) is 0 Å². The van der Waals surface area contributed by atoms with Gasteiger partial charge in [0.25, 0.3) is 0 Å². The Morgan fingerprint density at radius 3 is 2.59 bits per heavy atom. The van der Waals surface area contributed by atoms with Crippen LogP contribution in [0.3, 0.4) is 0 Å². The summed E-state index contributed by atoms with van der Waals surface area (Å²) >= 11 is 0. The molecule has 2 aromatic rings. The zero-order valence-electron chi connectivity index (χ0n) is 9.17. The number of anilines is 2. The Hall–Kier alpha value is -1.93. The van der Waals surface area contributed by atoms with Crippen LogP contribution in [-0.2, 0) is 0 Å². The lowest BCUT2D eigenvalue weighted by molar-refractivity contribution is 0.281. The Morgan fingerprint density at radius 1 is 1.24 bits per heavy atom. The molecule has 0 aliphatic rings. The van der Waals surface area contributed by atoms with Crippen molar-refractivity contribution in [2.45, 2.75) is 0 Å². The number of nitrogens with two attached hydrogens (primary N) is 1. The third kappa shape index (κ3) is 2.27. The summed E-state index contributed by atoms with van der Waals surface area (Å²) in [6.45, 7) is 0.640. The number of aliphatic hydroxyl groups is 2. The first-order valence-electron chi connectivity index (χ1n) is 5.19. The van der Waals surface area contributed by atoms with Gasteiger partial charge >= 0.3 is 0 Å². The van der Waals surface area contributed by atoms with E-state index in [-0.39, 0.29) is 19.2 Å². The van der Waals surface area contributed by atoms with Crippen LogP contribution in [0.1, 0.15) is 0 Å². The molecule has 0 radical (unpaired) electrons. The minimum Gasteiger partial charge on any atom is -0.395 e. The fourth-order valence-electron chi connectivity index (χ4n) is 1.64. The van der Waals surface area contributed by atoms with Crippen molar-refractivity contribution in [3.05, 3.63) is 6.20 Å². The molecule has 0 aromatic carbocycles. The zero-order valence-corrected chi connectivity index (χ0v) is 9.17. The van der Waals surface area contributed by atoms with Crippen molar-refractivity contribution in [2.24, 2.45) is 0 Å². The maximum Gasteiger partial charge on any atom is 0.224 e. The maximum absolute atomic E-state index is 9.00. The van der Waals surface area contributed by atoms with Crippen LogP contribution < -0.4 is 10.6 Å². The summed E-state index contributed by atoms with van der Waals surface area (Å²) in [4.78, 5) is 9.85. The van der Waals surface area contributed by atoms with E-state index in [2.05, 4.69) is 20.2 Å². The summed E-state index contributed by atoms with van der Waals surface area (Å²) in [5.74, 6) is 0.682. The van der Waals surface area contributed by atoms with Crippen molar-refractivity contribution in [1.82, 2.24) is 20.2 Å². The number of aliphatic hydroxyl groups excluding tert-OH is 2. The summed E-state index contributed by atoms with van der Waals surface area (Å²) in [5.41, 5.74) is 6.13. The van der Waals surface area contributed by atoms with Crippen molar-refractivity contribution in [3.63, 3.8) is 0 Å². The second kappa shape index (κ2) is 4.93. The highest BCUT2D eigenvalue weighted by atomic mass is 16.3. The van der Waals surface area contributed by atoms with Gasteiger partial charge in [-0.2, -0.15) is 15.1 Å². The smallest absolute Gasteiger partial charge is 0.224 e. The van der Waals surface area contributed by atoms with Crippen molar-refractivity contribution in [1.29, 1.82) is 0 Å². The van der Waals surface area contributed by atoms with Crippen LogP contribution >= 0.6 is 0 Å². The first-order valence-corrected chi connectivity index (χ1v) is 5.19. The quantitative estimate of drug-likeness (QED) is 0.511. The zero-order chi connectivity index (χ0) is 12.3. The van der Waals surface area contributed by atoms with E-state index in [1.807, 2.05) is 0 Å². The second-order valence-corrected chi connectivity index (χ2v) is 3.47. The van der Waals surface area contributed by atoms with E-state index < -0.39 is 0 Å². The normalized spacial score (nSPS) is 10.9. The number of hydrogen-bond acceptors (Lipinski definition) is 7. The minimum absolute atomic E-state index is 0.0384. The highest BCUT2D eigenvalue weighted by Gasteiger charge is 2.14. The van der Waals surface area contributed by atoms with E-state index in [9.17, 15) is 0 Å². The molecule has 0 aliphatic heterocycles. The largest absolute Gasteiger partial charge is 0.395 e. The third-order valence-corrected chi connectivity index (χ3v) is 2.35. The lowest BCUT2D eigenvalue weighted by Gasteiger charge is -2.22. The lowest BCUT2D eigenvalue weighted by atomic mass is 10.3. The van der Waals surface area contributed by atoms with Gasteiger partial charge in [0, 0.05) is 13.1 Å². The molecule has 2 heterocycles. The molecule has 0 unspecified atom stereocenters. The third-order valence-electron chi connectivity index (χ3n) is 2.35. The van der Waals surface area contributed by atoms with E-state index >= 15 is 0 Å². The van der Waals surface area contributed by atoms with Crippen LogP contribution in [0.5, 0.6) is 0 Å². The highest BCUT2D eigenvalue weighted by molar-refractivity contribution is 5.87. The number of nitrogens with zero attached hydrogens (tertiary/aromatic N) is 4. The Bertz CT molecular complexity index is 493. The molecular formula is C9H14N6O2. The molecule has 0 spiro atoms. The Labute approximate surface area is 97.1 Å². The fraction of sp³-hybridized carbons (Fsp3) is 0.444. The van der Waals surface area contributed by atoms with Crippen molar-refractivity contribution >= 4 is 22.8 Å². The SMILES string of the molecule is Nc1nc(N(CCO)CCO)c2cn[nH]c2n1. The molecule has 0 amide bonds. The summed E-state index contributed by atoms with van der Waals surface area (Å²) in [5, 5.41) is 25.3. The fourth-order valence-corrected chi connectivity index (χ4v) is 1.64. The Balaban J connectivity index is 2.46. The molecular weight excluding hydrogens is 224 g/mol. The highest BCUT2D eigenvalue weighted by Crippen LogP contribution is 2.22. The number of aromatic nitrogens is 4. The first kappa shape index (κ1) is 11.6. The van der Waals surface area contributed by atoms with E-state index in [1.54, 1.807) is 11.1 Å². The summed E-state index contributed by atoms with van der Waals surface area (Å²) < 4.78 is 0. The molecule has 5 N–H and O–H groups in total. The number of hydrogen-bond donors (Lipinski definition) is 4. The number of H-pyrrole nitrogens is 1. The molecule has 8 nitrogen and oxygen atoms in total. The molecule has 0 fully saturated rings. The molecule has 0 saturated heterocycles. The molecule has 17 heavy (non-hydrogen) atoms. The summed E-state index contributed by atoms with van der Waals surface area (Å²) in [6, 6.07) is 0. The molecule has 0 aliphatic carbocycles. The van der Waals surface area contributed by atoms with Gasteiger partial charge in [-0.3, -0.25) is 5.10 Å². The van der Waals surface area contributed by atoms with Crippen molar-refractivity contribution in [3.8, 4) is 0 Å².